The van der Waals surface area contributed by atoms with E-state index in [9.17, 15) is 18.6 Å². The Hall–Kier alpha value is -2.05. The molecule has 3 N–H and O–H groups in total. The van der Waals surface area contributed by atoms with Gasteiger partial charge in [0.25, 0.3) is 10.1 Å². The van der Waals surface area contributed by atoms with Gasteiger partial charge >= 0.3 is 0 Å². The highest BCUT2D eigenvalue weighted by atomic mass is 32.2. The van der Waals surface area contributed by atoms with Crippen molar-refractivity contribution in [3.8, 4) is 11.5 Å². The summed E-state index contributed by atoms with van der Waals surface area (Å²) in [4.78, 5) is -0.118. The third kappa shape index (κ3) is 4.22. The zero-order valence-electron chi connectivity index (χ0n) is 12.1. The minimum Gasteiger partial charge on any atom is -0.504 e. The summed E-state index contributed by atoms with van der Waals surface area (Å²) in [5.41, 5.74) is 1.88. The van der Waals surface area contributed by atoms with E-state index < -0.39 is 10.1 Å². The number of phenols is 2. The molecule has 0 bridgehead atoms. The van der Waals surface area contributed by atoms with E-state index in [4.69, 9.17) is 4.55 Å². The summed E-state index contributed by atoms with van der Waals surface area (Å²) < 4.78 is 30.9. The smallest absolute Gasteiger partial charge is 0.294 e. The third-order valence-corrected chi connectivity index (χ3v) is 4.30. The van der Waals surface area contributed by atoms with Crippen LogP contribution in [0.1, 0.15) is 18.1 Å². The van der Waals surface area contributed by atoms with Gasteiger partial charge in [0.1, 0.15) is 0 Å². The molecule has 0 spiro atoms. The van der Waals surface area contributed by atoms with Crippen LogP contribution in [-0.4, -0.2) is 23.2 Å². The van der Waals surface area contributed by atoms with Crippen LogP contribution in [0.3, 0.4) is 0 Å². The van der Waals surface area contributed by atoms with Gasteiger partial charge in [-0.15, -0.1) is 0 Å². The monoisotopic (exact) mass is 322 g/mol. The van der Waals surface area contributed by atoms with Crippen LogP contribution in [0.15, 0.2) is 47.4 Å². The van der Waals surface area contributed by atoms with E-state index in [1.807, 2.05) is 6.92 Å². The van der Waals surface area contributed by atoms with Gasteiger partial charge < -0.3 is 10.2 Å². The van der Waals surface area contributed by atoms with Crippen molar-refractivity contribution in [3.63, 3.8) is 0 Å². The van der Waals surface area contributed by atoms with Crippen molar-refractivity contribution in [1.82, 2.24) is 0 Å². The van der Waals surface area contributed by atoms with Gasteiger partial charge in [0.15, 0.2) is 11.5 Å². The van der Waals surface area contributed by atoms with E-state index in [1.54, 1.807) is 18.2 Å². The number of phenolic OH excluding ortho intramolecular Hbond substituents is 2. The minimum atomic E-state index is -4.16. The van der Waals surface area contributed by atoms with E-state index in [0.717, 1.165) is 17.5 Å². The number of aromatic hydroxyl groups is 2. The van der Waals surface area contributed by atoms with Crippen LogP contribution in [0.2, 0.25) is 0 Å². The molecule has 0 aromatic heterocycles. The van der Waals surface area contributed by atoms with Gasteiger partial charge in [-0.3, -0.25) is 4.55 Å². The van der Waals surface area contributed by atoms with Gasteiger partial charge in [0.2, 0.25) is 0 Å². The van der Waals surface area contributed by atoms with Gasteiger partial charge in [0.05, 0.1) is 4.90 Å². The molecule has 0 radical (unpaired) electrons. The highest BCUT2D eigenvalue weighted by Gasteiger charge is 2.11. The minimum absolute atomic E-state index is 0.118. The third-order valence-electron chi connectivity index (χ3n) is 3.43. The Morgan fingerprint density at radius 2 is 1.45 bits per heavy atom. The standard InChI is InChI=1S/C16H18O5S/c1-11(9-13-4-7-15(17)16(18)10-13)8-12-2-5-14(6-3-12)22(19,20)21/h2-7,10-11,17-18H,8-9H2,1H3,(H,19,20,21)/t11-/m1/s1. The summed E-state index contributed by atoms with van der Waals surface area (Å²) in [5, 5.41) is 18.8. The maximum absolute atomic E-state index is 11.0. The second kappa shape index (κ2) is 6.37. The first-order valence-electron chi connectivity index (χ1n) is 6.83. The van der Waals surface area contributed by atoms with Crippen molar-refractivity contribution >= 4 is 10.1 Å². The molecular weight excluding hydrogens is 304 g/mol. The van der Waals surface area contributed by atoms with Crippen molar-refractivity contribution in [3.05, 3.63) is 53.6 Å². The van der Waals surface area contributed by atoms with Crippen LogP contribution < -0.4 is 0 Å². The molecule has 0 aliphatic rings. The second-order valence-corrected chi connectivity index (χ2v) is 6.88. The van der Waals surface area contributed by atoms with Crippen molar-refractivity contribution in [2.45, 2.75) is 24.7 Å². The van der Waals surface area contributed by atoms with Crippen molar-refractivity contribution in [2.24, 2.45) is 5.92 Å². The van der Waals surface area contributed by atoms with Gasteiger partial charge in [-0.1, -0.05) is 25.1 Å². The molecule has 22 heavy (non-hydrogen) atoms. The number of benzene rings is 2. The molecule has 0 unspecified atom stereocenters. The van der Waals surface area contributed by atoms with Crippen LogP contribution in [0.5, 0.6) is 11.5 Å². The molecule has 0 saturated carbocycles. The lowest BCUT2D eigenvalue weighted by Crippen LogP contribution is -2.04. The summed E-state index contributed by atoms with van der Waals surface area (Å²) in [6.45, 7) is 2.04. The summed E-state index contributed by atoms with van der Waals surface area (Å²) in [5.74, 6) is -0.0139. The molecule has 1 atom stereocenters. The van der Waals surface area contributed by atoms with Gasteiger partial charge in [-0.25, -0.2) is 0 Å². The predicted molar refractivity (Wildman–Crippen MR) is 82.6 cm³/mol. The van der Waals surface area contributed by atoms with Crippen molar-refractivity contribution in [1.29, 1.82) is 0 Å². The molecule has 118 valence electrons. The molecule has 5 nitrogen and oxygen atoms in total. The second-order valence-electron chi connectivity index (χ2n) is 5.46. The van der Waals surface area contributed by atoms with Crippen LogP contribution in [0.25, 0.3) is 0 Å². The number of rotatable bonds is 5. The van der Waals surface area contributed by atoms with E-state index in [1.165, 1.54) is 24.3 Å². The highest BCUT2D eigenvalue weighted by Crippen LogP contribution is 2.26. The maximum Gasteiger partial charge on any atom is 0.294 e. The van der Waals surface area contributed by atoms with Crippen molar-refractivity contribution < 1.29 is 23.2 Å². The lowest BCUT2D eigenvalue weighted by molar-refractivity contribution is 0.402. The first-order valence-corrected chi connectivity index (χ1v) is 8.27. The quantitative estimate of drug-likeness (QED) is 0.581. The Morgan fingerprint density at radius 3 is 2.00 bits per heavy atom. The Labute approximate surface area is 129 Å². The average Bonchev–Trinajstić information content (AvgIpc) is 2.42. The summed E-state index contributed by atoms with van der Waals surface area (Å²) in [6, 6.07) is 10.9. The zero-order valence-corrected chi connectivity index (χ0v) is 12.9. The Morgan fingerprint density at radius 1 is 0.909 bits per heavy atom. The Kier molecular flexibility index (Phi) is 4.73. The molecule has 0 amide bonds. The lowest BCUT2D eigenvalue weighted by Gasteiger charge is -2.12. The van der Waals surface area contributed by atoms with Crippen LogP contribution in [0, 0.1) is 5.92 Å². The van der Waals surface area contributed by atoms with Gasteiger partial charge in [-0.05, 0) is 54.2 Å². The zero-order chi connectivity index (χ0) is 16.3. The topological polar surface area (TPSA) is 94.8 Å². The molecule has 0 saturated heterocycles. The fraction of sp³-hybridized carbons (Fsp3) is 0.250. The molecule has 2 aromatic carbocycles. The number of hydrogen-bond acceptors (Lipinski definition) is 4. The first kappa shape index (κ1) is 16.3. The fourth-order valence-corrected chi connectivity index (χ4v) is 2.85. The van der Waals surface area contributed by atoms with Crippen LogP contribution >= 0.6 is 0 Å². The Balaban J connectivity index is 2.02. The predicted octanol–water partition coefficient (Wildman–Crippen LogP) is 2.77. The van der Waals surface area contributed by atoms with Gasteiger partial charge in [-0.2, -0.15) is 8.42 Å². The fourth-order valence-electron chi connectivity index (χ4n) is 2.37. The highest BCUT2D eigenvalue weighted by molar-refractivity contribution is 7.85. The molecule has 6 heteroatoms. The van der Waals surface area contributed by atoms with E-state index in [-0.39, 0.29) is 22.3 Å². The lowest BCUT2D eigenvalue weighted by atomic mass is 9.94. The molecule has 0 aliphatic heterocycles. The van der Waals surface area contributed by atoms with Gasteiger partial charge in [0, 0.05) is 0 Å². The normalized spacial score (nSPS) is 13.0. The molecule has 2 rings (SSSR count). The molecule has 2 aromatic rings. The van der Waals surface area contributed by atoms with E-state index in [0.29, 0.717) is 6.42 Å². The molecule has 0 fully saturated rings. The largest absolute Gasteiger partial charge is 0.504 e. The van der Waals surface area contributed by atoms with E-state index >= 15 is 0 Å². The average molecular weight is 322 g/mol. The molecule has 0 heterocycles. The van der Waals surface area contributed by atoms with Crippen LogP contribution in [-0.2, 0) is 23.0 Å². The van der Waals surface area contributed by atoms with Crippen LogP contribution in [0.4, 0.5) is 0 Å². The molecule has 0 aliphatic carbocycles. The Bertz CT molecular complexity index is 751. The van der Waals surface area contributed by atoms with E-state index in [2.05, 4.69) is 0 Å². The maximum atomic E-state index is 11.0. The number of hydrogen-bond donors (Lipinski definition) is 3. The SMILES string of the molecule is C[C@H](Cc1ccc(S(=O)(=O)O)cc1)Cc1ccc(O)c(O)c1. The summed E-state index contributed by atoms with van der Waals surface area (Å²) in [6.07, 6.45) is 1.45. The summed E-state index contributed by atoms with van der Waals surface area (Å²) in [7, 11) is -4.16. The summed E-state index contributed by atoms with van der Waals surface area (Å²) >= 11 is 0. The molecular formula is C16H18O5S. The van der Waals surface area contributed by atoms with Crippen molar-refractivity contribution in [2.75, 3.05) is 0 Å². The first-order chi connectivity index (χ1) is 10.3.